The second kappa shape index (κ2) is 10.8. The number of urea groups is 1. The summed E-state index contributed by atoms with van der Waals surface area (Å²) in [5.74, 6) is 1.24. The Kier molecular flexibility index (Phi) is 8.39. The first kappa shape index (κ1) is 21.0. The zero-order chi connectivity index (χ0) is 19.6. The minimum Gasteiger partial charge on any atom is -0.494 e. The number of hydrogen-bond donors (Lipinski definition) is 2. The van der Waals surface area contributed by atoms with E-state index in [1.165, 1.54) is 0 Å². The molecular formula is C20H31N3O4. The first-order valence-electron chi connectivity index (χ1n) is 9.65. The smallest absolute Gasteiger partial charge is 0.317 e. The third kappa shape index (κ3) is 6.43. The van der Waals surface area contributed by atoms with E-state index in [-0.39, 0.29) is 25.1 Å². The van der Waals surface area contributed by atoms with E-state index in [0.717, 1.165) is 37.2 Å². The van der Waals surface area contributed by atoms with Crippen molar-refractivity contribution in [3.05, 3.63) is 29.8 Å². The van der Waals surface area contributed by atoms with Crippen molar-refractivity contribution in [2.24, 2.45) is 5.92 Å². The van der Waals surface area contributed by atoms with Crippen molar-refractivity contribution in [2.75, 3.05) is 39.4 Å². The van der Waals surface area contributed by atoms with Crippen LogP contribution in [0.5, 0.6) is 5.75 Å². The lowest BCUT2D eigenvalue weighted by Gasteiger charge is -2.32. The van der Waals surface area contributed by atoms with Crippen LogP contribution in [0.3, 0.4) is 0 Å². The summed E-state index contributed by atoms with van der Waals surface area (Å²) in [5.41, 5.74) is 0.915. The van der Waals surface area contributed by atoms with Gasteiger partial charge in [-0.3, -0.25) is 4.79 Å². The molecule has 7 heteroatoms. The molecule has 0 saturated carbocycles. The number of benzene rings is 1. The number of rotatable bonds is 8. The van der Waals surface area contributed by atoms with E-state index in [1.54, 1.807) is 11.8 Å². The number of hydrogen-bond acceptors (Lipinski definition) is 4. The minimum atomic E-state index is -0.190. The van der Waals surface area contributed by atoms with Gasteiger partial charge in [-0.05, 0) is 31.7 Å². The zero-order valence-corrected chi connectivity index (χ0v) is 16.3. The number of nitrogens with one attached hydrogen (secondary N) is 1. The molecule has 2 N–H and O–H groups in total. The predicted octanol–water partition coefficient (Wildman–Crippen LogP) is 1.85. The molecule has 2 rings (SSSR count). The van der Waals surface area contributed by atoms with E-state index in [1.807, 2.05) is 36.1 Å². The molecule has 0 unspecified atom stereocenters. The van der Waals surface area contributed by atoms with Crippen LogP contribution < -0.4 is 10.1 Å². The van der Waals surface area contributed by atoms with Crippen molar-refractivity contribution >= 4 is 11.9 Å². The Morgan fingerprint density at radius 1 is 1.30 bits per heavy atom. The predicted molar refractivity (Wildman–Crippen MR) is 103 cm³/mol. The fourth-order valence-corrected chi connectivity index (χ4v) is 3.30. The molecule has 1 aliphatic rings. The van der Waals surface area contributed by atoms with Crippen LogP contribution in [0.4, 0.5) is 4.79 Å². The van der Waals surface area contributed by atoms with E-state index in [9.17, 15) is 14.7 Å². The highest BCUT2D eigenvalue weighted by Gasteiger charge is 2.22. The fourth-order valence-electron chi connectivity index (χ4n) is 3.30. The Morgan fingerprint density at radius 3 is 2.63 bits per heavy atom. The maximum absolute atomic E-state index is 12.6. The Labute approximate surface area is 161 Å². The van der Waals surface area contributed by atoms with Crippen LogP contribution >= 0.6 is 0 Å². The Hall–Kier alpha value is -2.28. The van der Waals surface area contributed by atoms with Crippen molar-refractivity contribution in [2.45, 2.75) is 33.2 Å². The highest BCUT2D eigenvalue weighted by molar-refractivity contribution is 5.74. The van der Waals surface area contributed by atoms with Crippen molar-refractivity contribution in [1.29, 1.82) is 0 Å². The Bertz CT molecular complexity index is 615. The Morgan fingerprint density at radius 2 is 2.00 bits per heavy atom. The summed E-state index contributed by atoms with van der Waals surface area (Å²) in [6.07, 6.45) is 1.79. The van der Waals surface area contributed by atoms with Gasteiger partial charge in [-0.25, -0.2) is 4.79 Å². The summed E-state index contributed by atoms with van der Waals surface area (Å²) in [6, 6.07) is 7.44. The van der Waals surface area contributed by atoms with Gasteiger partial charge in [0.1, 0.15) is 5.75 Å². The number of ether oxygens (including phenoxy) is 1. The van der Waals surface area contributed by atoms with Crippen molar-refractivity contribution in [3.63, 3.8) is 0 Å². The van der Waals surface area contributed by atoms with Gasteiger partial charge in [-0.15, -0.1) is 0 Å². The molecule has 0 atom stereocenters. The van der Waals surface area contributed by atoms with E-state index in [0.29, 0.717) is 25.6 Å². The molecule has 1 aliphatic heterocycles. The number of likely N-dealkylation sites (tertiary alicyclic amines) is 1. The van der Waals surface area contributed by atoms with Crippen LogP contribution in [0, 0.1) is 5.92 Å². The van der Waals surface area contributed by atoms with Crippen LogP contribution in [0.2, 0.25) is 0 Å². The molecule has 1 heterocycles. The van der Waals surface area contributed by atoms with Gasteiger partial charge < -0.3 is 25.0 Å². The minimum absolute atomic E-state index is 0.0960. The van der Waals surface area contributed by atoms with Gasteiger partial charge in [0.2, 0.25) is 5.91 Å². The molecule has 0 aliphatic carbocycles. The molecule has 0 aromatic heterocycles. The van der Waals surface area contributed by atoms with Crippen molar-refractivity contribution < 1.29 is 19.4 Å². The standard InChI is InChI=1S/C20H31N3O4/c1-3-27-19-7-5-4-6-18(19)15-23(12-13-24)20(26)21-14-17-8-10-22(11-9-17)16(2)25/h4-7,17,24H,3,8-15H2,1-2H3,(H,21,26). The number of carbonyl (C=O) groups excluding carboxylic acids is 2. The molecule has 1 aromatic carbocycles. The monoisotopic (exact) mass is 377 g/mol. The normalized spacial score (nSPS) is 14.7. The molecule has 0 radical (unpaired) electrons. The van der Waals surface area contributed by atoms with Crippen molar-refractivity contribution in [3.8, 4) is 5.75 Å². The quantitative estimate of drug-likeness (QED) is 0.724. The first-order valence-corrected chi connectivity index (χ1v) is 9.65. The van der Waals surface area contributed by atoms with Gasteiger partial charge >= 0.3 is 6.03 Å². The molecule has 3 amide bonds. The van der Waals surface area contributed by atoms with Gasteiger partial charge in [0, 0.05) is 38.7 Å². The van der Waals surface area contributed by atoms with Gasteiger partial charge in [0.15, 0.2) is 0 Å². The third-order valence-corrected chi connectivity index (χ3v) is 4.89. The molecule has 7 nitrogen and oxygen atoms in total. The van der Waals surface area contributed by atoms with Gasteiger partial charge in [0.25, 0.3) is 0 Å². The summed E-state index contributed by atoms with van der Waals surface area (Å²) in [6.45, 7) is 6.70. The summed E-state index contributed by atoms with van der Waals surface area (Å²) >= 11 is 0. The van der Waals surface area contributed by atoms with Gasteiger partial charge in [-0.2, -0.15) is 0 Å². The van der Waals surface area contributed by atoms with E-state index in [4.69, 9.17) is 4.74 Å². The number of para-hydroxylation sites is 1. The second-order valence-corrected chi connectivity index (χ2v) is 6.82. The zero-order valence-electron chi connectivity index (χ0n) is 16.3. The average Bonchev–Trinajstić information content (AvgIpc) is 2.67. The largest absolute Gasteiger partial charge is 0.494 e. The summed E-state index contributed by atoms with van der Waals surface area (Å²) in [4.78, 5) is 27.5. The van der Waals surface area contributed by atoms with Crippen molar-refractivity contribution in [1.82, 2.24) is 15.1 Å². The maximum atomic E-state index is 12.6. The number of nitrogens with zero attached hydrogens (tertiary/aromatic N) is 2. The van der Waals surface area contributed by atoms with Gasteiger partial charge in [0.05, 0.1) is 19.8 Å². The average molecular weight is 377 g/mol. The first-order chi connectivity index (χ1) is 13.0. The van der Waals surface area contributed by atoms with Crippen LogP contribution in [0.15, 0.2) is 24.3 Å². The molecule has 1 aromatic rings. The lowest BCUT2D eigenvalue weighted by atomic mass is 9.97. The number of carbonyl (C=O) groups is 2. The van der Waals surface area contributed by atoms with E-state index in [2.05, 4.69) is 5.32 Å². The topological polar surface area (TPSA) is 82.1 Å². The molecular weight excluding hydrogens is 346 g/mol. The summed E-state index contributed by atoms with van der Waals surface area (Å²) in [7, 11) is 0. The number of aliphatic hydroxyl groups is 1. The lowest BCUT2D eigenvalue weighted by Crippen LogP contribution is -2.45. The summed E-state index contributed by atoms with van der Waals surface area (Å²) in [5, 5.41) is 12.3. The van der Waals surface area contributed by atoms with Crippen LogP contribution in [-0.2, 0) is 11.3 Å². The molecule has 150 valence electrons. The number of aliphatic hydroxyl groups excluding tert-OH is 1. The molecule has 1 saturated heterocycles. The SMILES string of the molecule is CCOc1ccccc1CN(CCO)C(=O)NCC1CCN(C(C)=O)CC1. The fraction of sp³-hybridized carbons (Fsp3) is 0.600. The lowest BCUT2D eigenvalue weighted by molar-refractivity contribution is -0.130. The van der Waals surface area contributed by atoms with Crippen LogP contribution in [0.1, 0.15) is 32.3 Å². The summed E-state index contributed by atoms with van der Waals surface area (Å²) < 4.78 is 5.63. The second-order valence-electron chi connectivity index (χ2n) is 6.82. The van der Waals surface area contributed by atoms with Crippen LogP contribution in [-0.4, -0.2) is 66.2 Å². The molecule has 27 heavy (non-hydrogen) atoms. The molecule has 1 fully saturated rings. The van der Waals surface area contributed by atoms with E-state index >= 15 is 0 Å². The highest BCUT2D eigenvalue weighted by atomic mass is 16.5. The third-order valence-electron chi connectivity index (χ3n) is 4.89. The highest BCUT2D eigenvalue weighted by Crippen LogP contribution is 2.20. The van der Waals surface area contributed by atoms with E-state index < -0.39 is 0 Å². The Balaban J connectivity index is 1.89. The number of piperidine rings is 1. The van der Waals surface area contributed by atoms with Gasteiger partial charge in [-0.1, -0.05) is 18.2 Å². The molecule has 0 spiro atoms. The van der Waals surface area contributed by atoms with Crippen LogP contribution in [0.25, 0.3) is 0 Å². The maximum Gasteiger partial charge on any atom is 0.317 e. The molecule has 0 bridgehead atoms. The number of amides is 3.